The van der Waals surface area contributed by atoms with Gasteiger partial charge in [-0.25, -0.2) is 4.98 Å². The molecule has 4 nitrogen and oxygen atoms in total. The molecule has 1 aromatic heterocycles. The van der Waals surface area contributed by atoms with Gasteiger partial charge < -0.3 is 10.1 Å². The summed E-state index contributed by atoms with van der Waals surface area (Å²) >= 11 is 1.52. The second kappa shape index (κ2) is 8.82. The van der Waals surface area contributed by atoms with Crippen LogP contribution in [0.5, 0.6) is 5.75 Å². The predicted octanol–water partition coefficient (Wildman–Crippen LogP) is 4.93. The SMILES string of the molecule is COc1ccc(Cc2cnc(NC(=O)CCc3cccc(C)c3)s2)cc1C. The molecule has 1 N–H and O–H groups in total. The van der Waals surface area contributed by atoms with E-state index in [1.807, 2.05) is 25.3 Å². The van der Waals surface area contributed by atoms with Crippen molar-refractivity contribution in [3.63, 3.8) is 0 Å². The average molecular weight is 381 g/mol. The zero-order chi connectivity index (χ0) is 19.2. The van der Waals surface area contributed by atoms with E-state index in [2.05, 4.69) is 47.6 Å². The Hall–Kier alpha value is -2.66. The van der Waals surface area contributed by atoms with Crippen LogP contribution in [0.1, 0.15) is 33.6 Å². The molecule has 2 aromatic carbocycles. The molecular weight excluding hydrogens is 356 g/mol. The van der Waals surface area contributed by atoms with Gasteiger partial charge in [0.1, 0.15) is 5.75 Å². The lowest BCUT2D eigenvalue weighted by atomic mass is 10.1. The van der Waals surface area contributed by atoms with Crippen LogP contribution in [0.4, 0.5) is 5.13 Å². The number of aryl methyl sites for hydroxylation is 3. The highest BCUT2D eigenvalue weighted by molar-refractivity contribution is 7.15. The van der Waals surface area contributed by atoms with Gasteiger partial charge in [-0.2, -0.15) is 0 Å². The van der Waals surface area contributed by atoms with E-state index in [1.54, 1.807) is 7.11 Å². The third kappa shape index (κ3) is 5.41. The van der Waals surface area contributed by atoms with Gasteiger partial charge in [0, 0.05) is 23.9 Å². The number of carbonyl (C=O) groups is 1. The van der Waals surface area contributed by atoms with Crippen molar-refractivity contribution in [2.45, 2.75) is 33.1 Å². The largest absolute Gasteiger partial charge is 0.496 e. The highest BCUT2D eigenvalue weighted by Gasteiger charge is 2.09. The lowest BCUT2D eigenvalue weighted by molar-refractivity contribution is -0.116. The fourth-order valence-corrected chi connectivity index (χ4v) is 3.87. The zero-order valence-corrected chi connectivity index (χ0v) is 16.7. The molecule has 27 heavy (non-hydrogen) atoms. The maximum atomic E-state index is 12.2. The number of carbonyl (C=O) groups excluding carboxylic acids is 1. The van der Waals surface area contributed by atoms with Crippen LogP contribution in [0.25, 0.3) is 0 Å². The molecule has 3 aromatic rings. The first-order valence-electron chi connectivity index (χ1n) is 8.97. The van der Waals surface area contributed by atoms with Crippen LogP contribution in [0.2, 0.25) is 0 Å². The van der Waals surface area contributed by atoms with E-state index in [1.165, 1.54) is 28.0 Å². The van der Waals surface area contributed by atoms with Crippen LogP contribution < -0.4 is 10.1 Å². The summed E-state index contributed by atoms with van der Waals surface area (Å²) in [7, 11) is 1.68. The highest BCUT2D eigenvalue weighted by atomic mass is 32.1. The maximum absolute atomic E-state index is 12.2. The Labute approximate surface area is 164 Å². The summed E-state index contributed by atoms with van der Waals surface area (Å²) < 4.78 is 5.30. The molecule has 1 amide bonds. The first kappa shape index (κ1) is 19.1. The van der Waals surface area contributed by atoms with Gasteiger partial charge in [0.15, 0.2) is 5.13 Å². The number of rotatable bonds is 7. The Bertz CT molecular complexity index is 934. The van der Waals surface area contributed by atoms with Gasteiger partial charge in [0.25, 0.3) is 0 Å². The van der Waals surface area contributed by atoms with E-state index in [0.717, 1.165) is 29.0 Å². The van der Waals surface area contributed by atoms with Gasteiger partial charge in [-0.15, -0.1) is 11.3 Å². The number of anilines is 1. The van der Waals surface area contributed by atoms with Crippen LogP contribution in [-0.2, 0) is 17.6 Å². The van der Waals surface area contributed by atoms with Gasteiger partial charge in [-0.05, 0) is 43.0 Å². The summed E-state index contributed by atoms with van der Waals surface area (Å²) in [5, 5.41) is 3.57. The smallest absolute Gasteiger partial charge is 0.226 e. The minimum Gasteiger partial charge on any atom is -0.496 e. The fraction of sp³-hybridized carbons (Fsp3) is 0.273. The van der Waals surface area contributed by atoms with Crippen LogP contribution in [0, 0.1) is 13.8 Å². The van der Waals surface area contributed by atoms with Crippen LogP contribution in [0.3, 0.4) is 0 Å². The summed E-state index contributed by atoms with van der Waals surface area (Å²) in [5.41, 5.74) is 4.71. The molecule has 0 spiro atoms. The summed E-state index contributed by atoms with van der Waals surface area (Å²) in [4.78, 5) is 17.7. The number of benzene rings is 2. The number of ether oxygens (including phenoxy) is 1. The van der Waals surface area contributed by atoms with Crippen LogP contribution >= 0.6 is 11.3 Å². The molecule has 0 aliphatic heterocycles. The summed E-state index contributed by atoms with van der Waals surface area (Å²) in [6.07, 6.45) is 3.81. The molecule has 1 heterocycles. The average Bonchev–Trinajstić information content (AvgIpc) is 3.07. The number of nitrogens with zero attached hydrogens (tertiary/aromatic N) is 1. The van der Waals surface area contributed by atoms with E-state index in [4.69, 9.17) is 4.74 Å². The Morgan fingerprint density at radius 3 is 2.74 bits per heavy atom. The van der Waals surface area contributed by atoms with Gasteiger partial charge in [0.2, 0.25) is 5.91 Å². The van der Waals surface area contributed by atoms with Crippen molar-refractivity contribution < 1.29 is 9.53 Å². The first-order chi connectivity index (χ1) is 13.0. The summed E-state index contributed by atoms with van der Waals surface area (Å²) in [6.45, 7) is 4.10. The number of methoxy groups -OCH3 is 1. The van der Waals surface area contributed by atoms with Crippen LogP contribution in [-0.4, -0.2) is 18.0 Å². The standard InChI is InChI=1S/C22H24N2O2S/c1-15-5-4-6-17(11-15)8-10-21(25)24-22-23-14-19(27-22)13-18-7-9-20(26-3)16(2)12-18/h4-7,9,11-12,14H,8,10,13H2,1-3H3,(H,23,24,25). The van der Waals surface area contributed by atoms with E-state index in [0.29, 0.717) is 11.6 Å². The van der Waals surface area contributed by atoms with E-state index < -0.39 is 0 Å². The topological polar surface area (TPSA) is 51.2 Å². The molecule has 0 bridgehead atoms. The normalized spacial score (nSPS) is 10.6. The second-order valence-electron chi connectivity index (χ2n) is 6.65. The maximum Gasteiger partial charge on any atom is 0.226 e. The number of aromatic nitrogens is 1. The molecule has 0 unspecified atom stereocenters. The molecule has 0 atom stereocenters. The van der Waals surface area contributed by atoms with Crippen molar-refractivity contribution in [3.05, 3.63) is 75.8 Å². The zero-order valence-electron chi connectivity index (χ0n) is 15.9. The molecule has 3 rings (SSSR count). The van der Waals surface area contributed by atoms with Crippen molar-refractivity contribution >= 4 is 22.4 Å². The number of nitrogens with one attached hydrogen (secondary N) is 1. The Kier molecular flexibility index (Phi) is 6.24. The second-order valence-corrected chi connectivity index (χ2v) is 7.76. The van der Waals surface area contributed by atoms with Crippen molar-refractivity contribution in [2.24, 2.45) is 0 Å². The Balaban J connectivity index is 1.54. The summed E-state index contributed by atoms with van der Waals surface area (Å²) in [6, 6.07) is 14.4. The molecule has 0 aliphatic carbocycles. The van der Waals surface area contributed by atoms with E-state index >= 15 is 0 Å². The van der Waals surface area contributed by atoms with Crippen molar-refractivity contribution in [2.75, 3.05) is 12.4 Å². The van der Waals surface area contributed by atoms with Crippen molar-refractivity contribution in [1.29, 1.82) is 0 Å². The number of hydrogen-bond acceptors (Lipinski definition) is 4. The number of hydrogen-bond donors (Lipinski definition) is 1. The third-order valence-corrected chi connectivity index (χ3v) is 5.27. The Morgan fingerprint density at radius 1 is 1.15 bits per heavy atom. The van der Waals surface area contributed by atoms with Gasteiger partial charge in [0.05, 0.1) is 7.11 Å². The minimum atomic E-state index is -0.00213. The van der Waals surface area contributed by atoms with Crippen molar-refractivity contribution in [3.8, 4) is 5.75 Å². The fourth-order valence-electron chi connectivity index (χ4n) is 3.01. The Morgan fingerprint density at radius 2 is 2.00 bits per heavy atom. The lowest BCUT2D eigenvalue weighted by Crippen LogP contribution is -2.12. The van der Waals surface area contributed by atoms with E-state index in [9.17, 15) is 4.79 Å². The van der Waals surface area contributed by atoms with Gasteiger partial charge in [-0.3, -0.25) is 4.79 Å². The quantitative estimate of drug-likeness (QED) is 0.632. The van der Waals surface area contributed by atoms with Gasteiger partial charge >= 0.3 is 0 Å². The molecule has 0 saturated heterocycles. The molecule has 0 saturated carbocycles. The molecule has 5 heteroatoms. The number of thiazole rings is 1. The number of amides is 1. The lowest BCUT2D eigenvalue weighted by Gasteiger charge is -2.06. The highest BCUT2D eigenvalue weighted by Crippen LogP contribution is 2.24. The molecule has 0 aliphatic rings. The summed E-state index contributed by atoms with van der Waals surface area (Å²) in [5.74, 6) is 0.891. The minimum absolute atomic E-state index is 0.00213. The van der Waals surface area contributed by atoms with E-state index in [-0.39, 0.29) is 5.91 Å². The van der Waals surface area contributed by atoms with Crippen LogP contribution in [0.15, 0.2) is 48.7 Å². The molecule has 0 fully saturated rings. The van der Waals surface area contributed by atoms with Crippen molar-refractivity contribution in [1.82, 2.24) is 4.98 Å². The third-order valence-electron chi connectivity index (χ3n) is 4.36. The monoisotopic (exact) mass is 380 g/mol. The molecular formula is C22H24N2O2S. The molecule has 0 radical (unpaired) electrons. The molecule has 140 valence electrons. The first-order valence-corrected chi connectivity index (χ1v) is 9.79. The van der Waals surface area contributed by atoms with Gasteiger partial charge in [-0.1, -0.05) is 42.0 Å². The predicted molar refractivity (Wildman–Crippen MR) is 111 cm³/mol.